The van der Waals surface area contributed by atoms with Crippen molar-refractivity contribution in [2.24, 2.45) is 5.10 Å². The van der Waals surface area contributed by atoms with Gasteiger partial charge in [-0.15, -0.1) is 0 Å². The van der Waals surface area contributed by atoms with Crippen LogP contribution in [0.5, 0.6) is 0 Å². The predicted octanol–water partition coefficient (Wildman–Crippen LogP) is 2.13. The summed E-state index contributed by atoms with van der Waals surface area (Å²) in [6, 6.07) is 7.26. The monoisotopic (exact) mass is 268 g/mol. The van der Waals surface area contributed by atoms with Gasteiger partial charge in [-0.05, 0) is 18.2 Å². The van der Waals surface area contributed by atoms with Crippen LogP contribution in [0.15, 0.2) is 53.8 Å². The first-order valence-electron chi connectivity index (χ1n) is 6.11. The van der Waals surface area contributed by atoms with Crippen molar-refractivity contribution in [1.82, 2.24) is 15.2 Å². The number of hydrazone groups is 1. The Morgan fingerprint density at radius 1 is 1.30 bits per heavy atom. The zero-order valence-corrected chi connectivity index (χ0v) is 10.5. The molecule has 100 valence electrons. The Hall–Kier alpha value is -2.89. The normalized spacial score (nSPS) is 13.9. The first-order chi connectivity index (χ1) is 9.75. The van der Waals surface area contributed by atoms with Crippen LogP contribution < -0.4 is 5.43 Å². The summed E-state index contributed by atoms with van der Waals surface area (Å²) >= 11 is 0. The standard InChI is InChI=1S/C14H12N4O2/c19-14(20)18-13-7-2-1-6-11(13)12(17-18)9-10-5-3-4-8-15-16-10/h1-8,15H,9H2,(H,19,20). The second kappa shape index (κ2) is 5.00. The van der Waals surface area contributed by atoms with Crippen LogP contribution in [-0.4, -0.2) is 26.7 Å². The van der Waals surface area contributed by atoms with Gasteiger partial charge < -0.3 is 5.11 Å². The first kappa shape index (κ1) is 12.2. The quantitative estimate of drug-likeness (QED) is 0.874. The topological polar surface area (TPSA) is 79.5 Å². The smallest absolute Gasteiger partial charge is 0.432 e. The lowest BCUT2D eigenvalue weighted by atomic mass is 10.1. The summed E-state index contributed by atoms with van der Waals surface area (Å²) in [6.45, 7) is 0. The highest BCUT2D eigenvalue weighted by molar-refractivity contribution is 5.99. The van der Waals surface area contributed by atoms with Crippen LogP contribution in [0, 0.1) is 0 Å². The molecule has 2 aromatic rings. The van der Waals surface area contributed by atoms with Gasteiger partial charge >= 0.3 is 6.09 Å². The number of carboxylic acid groups (broad SMARTS) is 1. The number of nitrogens with one attached hydrogen (secondary N) is 1. The number of fused-ring (bicyclic) bond motifs is 1. The number of benzene rings is 1. The van der Waals surface area contributed by atoms with E-state index in [1.54, 1.807) is 18.3 Å². The van der Waals surface area contributed by atoms with Crippen molar-refractivity contribution in [1.29, 1.82) is 0 Å². The Morgan fingerprint density at radius 2 is 2.15 bits per heavy atom. The molecule has 0 saturated heterocycles. The van der Waals surface area contributed by atoms with E-state index in [-0.39, 0.29) is 0 Å². The van der Waals surface area contributed by atoms with Crippen LogP contribution in [0.3, 0.4) is 0 Å². The van der Waals surface area contributed by atoms with Gasteiger partial charge in [0.1, 0.15) is 0 Å². The minimum Gasteiger partial charge on any atom is -0.463 e. The zero-order chi connectivity index (χ0) is 13.9. The molecular weight excluding hydrogens is 256 g/mol. The highest BCUT2D eigenvalue weighted by Gasteiger charge is 2.15. The molecule has 1 aromatic carbocycles. The Balaban J connectivity index is 2.04. The van der Waals surface area contributed by atoms with Gasteiger partial charge in [-0.25, -0.2) is 4.79 Å². The minimum absolute atomic E-state index is 0.464. The van der Waals surface area contributed by atoms with E-state index < -0.39 is 6.09 Å². The lowest BCUT2D eigenvalue weighted by Gasteiger charge is -1.98. The molecule has 0 bridgehead atoms. The predicted molar refractivity (Wildman–Crippen MR) is 75.7 cm³/mol. The number of carbonyl (C=O) groups is 1. The lowest BCUT2D eigenvalue weighted by Crippen LogP contribution is -2.11. The third-order valence-corrected chi connectivity index (χ3v) is 2.97. The fraction of sp³-hybridized carbons (Fsp3) is 0.0714. The van der Waals surface area contributed by atoms with Crippen molar-refractivity contribution < 1.29 is 9.90 Å². The first-order valence-corrected chi connectivity index (χ1v) is 6.11. The van der Waals surface area contributed by atoms with Gasteiger partial charge in [-0.2, -0.15) is 14.9 Å². The second-order valence-electron chi connectivity index (χ2n) is 4.29. The maximum absolute atomic E-state index is 11.2. The molecule has 0 radical (unpaired) electrons. The van der Waals surface area contributed by atoms with Gasteiger partial charge in [0, 0.05) is 18.0 Å². The van der Waals surface area contributed by atoms with Crippen molar-refractivity contribution in [3.63, 3.8) is 0 Å². The number of rotatable bonds is 2. The molecule has 0 amide bonds. The summed E-state index contributed by atoms with van der Waals surface area (Å²) in [6.07, 6.45) is 6.67. The Bertz CT molecular complexity index is 756. The summed E-state index contributed by atoms with van der Waals surface area (Å²) in [5.41, 5.74) is 4.85. The maximum atomic E-state index is 11.2. The molecule has 6 nitrogen and oxygen atoms in total. The van der Waals surface area contributed by atoms with Gasteiger partial charge in [0.2, 0.25) is 0 Å². The van der Waals surface area contributed by atoms with Crippen molar-refractivity contribution >= 4 is 22.7 Å². The highest BCUT2D eigenvalue weighted by Crippen LogP contribution is 2.19. The SMILES string of the molecule is O=C(O)n1nc(CC2=NNC=CC=C2)c2ccccc21. The molecule has 1 aromatic heterocycles. The molecule has 6 heteroatoms. The van der Waals surface area contributed by atoms with Gasteiger partial charge in [0.15, 0.2) is 0 Å². The number of para-hydroxylation sites is 1. The molecular formula is C14H12N4O2. The molecule has 0 aliphatic carbocycles. The van der Waals surface area contributed by atoms with E-state index in [2.05, 4.69) is 15.6 Å². The maximum Gasteiger partial charge on any atom is 0.432 e. The number of hydrogen-bond acceptors (Lipinski definition) is 4. The van der Waals surface area contributed by atoms with Crippen LogP contribution in [0.2, 0.25) is 0 Å². The van der Waals surface area contributed by atoms with Crippen molar-refractivity contribution in [3.05, 3.63) is 54.4 Å². The molecule has 0 fully saturated rings. The third kappa shape index (κ3) is 2.18. The second-order valence-corrected chi connectivity index (χ2v) is 4.29. The molecule has 1 aliphatic heterocycles. The van der Waals surface area contributed by atoms with E-state index in [0.29, 0.717) is 17.6 Å². The fourth-order valence-electron chi connectivity index (χ4n) is 2.10. The Morgan fingerprint density at radius 3 is 3.00 bits per heavy atom. The van der Waals surface area contributed by atoms with Crippen LogP contribution in [0.1, 0.15) is 5.69 Å². The van der Waals surface area contributed by atoms with Crippen LogP contribution >= 0.6 is 0 Å². The number of allylic oxidation sites excluding steroid dienone is 3. The lowest BCUT2D eigenvalue weighted by molar-refractivity contribution is 0.194. The van der Waals surface area contributed by atoms with Crippen LogP contribution in [0.4, 0.5) is 4.79 Å². The van der Waals surface area contributed by atoms with Crippen molar-refractivity contribution in [2.45, 2.75) is 6.42 Å². The van der Waals surface area contributed by atoms with E-state index in [4.69, 9.17) is 0 Å². The number of nitrogens with zero attached hydrogens (tertiary/aromatic N) is 3. The van der Waals surface area contributed by atoms with Gasteiger partial charge in [0.05, 0.1) is 16.9 Å². The Kier molecular flexibility index (Phi) is 3.04. The summed E-state index contributed by atoms with van der Waals surface area (Å²) in [5.74, 6) is 0. The third-order valence-electron chi connectivity index (χ3n) is 2.97. The Labute approximate surface area is 114 Å². The molecule has 0 saturated carbocycles. The molecule has 0 spiro atoms. The van der Waals surface area contributed by atoms with Gasteiger partial charge in [-0.1, -0.05) is 24.3 Å². The van der Waals surface area contributed by atoms with E-state index >= 15 is 0 Å². The van der Waals surface area contributed by atoms with E-state index in [1.807, 2.05) is 30.4 Å². The number of hydrogen-bond donors (Lipinski definition) is 2. The zero-order valence-electron chi connectivity index (χ0n) is 10.5. The summed E-state index contributed by atoms with van der Waals surface area (Å²) in [4.78, 5) is 11.2. The molecule has 2 N–H and O–H groups in total. The van der Waals surface area contributed by atoms with Crippen LogP contribution in [-0.2, 0) is 6.42 Å². The molecule has 0 unspecified atom stereocenters. The fourth-order valence-corrected chi connectivity index (χ4v) is 2.10. The molecule has 0 atom stereocenters. The average Bonchev–Trinajstić information content (AvgIpc) is 2.63. The minimum atomic E-state index is -1.09. The number of aromatic nitrogens is 2. The van der Waals surface area contributed by atoms with Crippen LogP contribution in [0.25, 0.3) is 10.9 Å². The average molecular weight is 268 g/mol. The molecule has 2 heterocycles. The largest absolute Gasteiger partial charge is 0.463 e. The summed E-state index contributed by atoms with van der Waals surface area (Å²) in [5, 5.41) is 18.3. The van der Waals surface area contributed by atoms with Crippen molar-refractivity contribution in [3.8, 4) is 0 Å². The molecule has 20 heavy (non-hydrogen) atoms. The van der Waals surface area contributed by atoms with E-state index in [0.717, 1.165) is 15.8 Å². The summed E-state index contributed by atoms with van der Waals surface area (Å²) < 4.78 is 0.997. The van der Waals surface area contributed by atoms with Gasteiger partial charge in [-0.3, -0.25) is 5.43 Å². The summed E-state index contributed by atoms with van der Waals surface area (Å²) in [7, 11) is 0. The molecule has 1 aliphatic rings. The van der Waals surface area contributed by atoms with Gasteiger partial charge in [0.25, 0.3) is 0 Å². The van der Waals surface area contributed by atoms with Crippen molar-refractivity contribution in [2.75, 3.05) is 0 Å². The van der Waals surface area contributed by atoms with E-state index in [9.17, 15) is 9.90 Å². The van der Waals surface area contributed by atoms with E-state index in [1.165, 1.54) is 0 Å². The highest BCUT2D eigenvalue weighted by atomic mass is 16.4. The molecule has 3 rings (SSSR count).